The second kappa shape index (κ2) is 3.91. The monoisotopic (exact) mass is 230 g/mol. The van der Waals surface area contributed by atoms with E-state index in [1.165, 1.54) is 0 Å². The number of hydrogen-bond donors (Lipinski definition) is 0. The van der Waals surface area contributed by atoms with Crippen LogP contribution in [0.5, 0.6) is 0 Å². The summed E-state index contributed by atoms with van der Waals surface area (Å²) in [5.74, 6) is -3.96. The molecule has 15 heavy (non-hydrogen) atoms. The number of hydrogen-bond acceptors (Lipinski definition) is 4. The summed E-state index contributed by atoms with van der Waals surface area (Å²) in [6.07, 6.45) is -9.11. The molecule has 0 fully saturated rings. The van der Waals surface area contributed by atoms with Crippen LogP contribution in [0.15, 0.2) is 4.52 Å². The van der Waals surface area contributed by atoms with Gasteiger partial charge in [-0.25, -0.2) is 8.78 Å². The van der Waals surface area contributed by atoms with Crippen LogP contribution in [0.1, 0.15) is 11.7 Å². The first-order valence-corrected chi connectivity index (χ1v) is 3.51. The van der Waals surface area contributed by atoms with Gasteiger partial charge in [-0.15, -0.1) is 0 Å². The molecule has 84 valence electrons. The molecule has 1 heterocycles. The Bertz CT molecular complexity index is 359. The smallest absolute Gasteiger partial charge is 0.339 e. The lowest BCUT2D eigenvalue weighted by Crippen LogP contribution is -2.13. The molecule has 0 saturated heterocycles. The van der Waals surface area contributed by atoms with E-state index in [-0.39, 0.29) is 0 Å². The molecule has 1 aromatic rings. The minimum Gasteiger partial charge on any atom is -0.339 e. The van der Waals surface area contributed by atoms with Crippen molar-refractivity contribution in [3.8, 4) is 0 Å². The summed E-state index contributed by atoms with van der Waals surface area (Å²) in [4.78, 5) is 13.2. The summed E-state index contributed by atoms with van der Waals surface area (Å²) in [5, 5.41) is 2.49. The second-order valence-electron chi connectivity index (χ2n) is 2.45. The highest BCUT2D eigenvalue weighted by Crippen LogP contribution is 2.26. The first kappa shape index (κ1) is 11.5. The van der Waals surface area contributed by atoms with E-state index in [9.17, 15) is 26.7 Å². The molecular weight excluding hydrogens is 227 g/mol. The molecule has 0 aliphatic carbocycles. The maximum Gasteiger partial charge on any atom is 0.455 e. The van der Waals surface area contributed by atoms with Crippen LogP contribution < -0.4 is 0 Å². The highest BCUT2D eigenvalue weighted by atomic mass is 19.4. The van der Waals surface area contributed by atoms with Gasteiger partial charge in [0, 0.05) is 0 Å². The third-order valence-corrected chi connectivity index (χ3v) is 1.29. The zero-order valence-electron chi connectivity index (χ0n) is 6.89. The molecule has 0 aliphatic heterocycles. The number of nitrogens with zero attached hydrogens (tertiary/aromatic N) is 2. The number of aromatic nitrogens is 2. The van der Waals surface area contributed by atoms with Gasteiger partial charge in [-0.05, 0) is 0 Å². The van der Waals surface area contributed by atoms with Crippen molar-refractivity contribution in [1.82, 2.24) is 10.1 Å². The lowest BCUT2D eigenvalue weighted by Gasteiger charge is -1.96. The molecule has 1 aromatic heterocycles. The number of Topliss-reactive ketones (excluding diaryl/α,β-unsaturated/α-hetero) is 1. The molecule has 0 aliphatic rings. The van der Waals surface area contributed by atoms with E-state index in [0.29, 0.717) is 0 Å². The molecule has 9 heteroatoms. The largest absolute Gasteiger partial charge is 0.455 e. The number of ketones is 1. The van der Waals surface area contributed by atoms with Crippen molar-refractivity contribution in [2.45, 2.75) is 19.0 Å². The molecule has 0 saturated carbocycles. The summed E-state index contributed by atoms with van der Waals surface area (Å²) in [6, 6.07) is 0. The molecular formula is C6H3F5N2O2. The van der Waals surface area contributed by atoms with Gasteiger partial charge in [-0.2, -0.15) is 18.2 Å². The van der Waals surface area contributed by atoms with E-state index >= 15 is 0 Å². The van der Waals surface area contributed by atoms with E-state index in [0.717, 1.165) is 0 Å². The molecule has 0 unspecified atom stereocenters. The van der Waals surface area contributed by atoms with Crippen LogP contribution in [-0.2, 0) is 17.4 Å². The van der Waals surface area contributed by atoms with Gasteiger partial charge in [0.05, 0.1) is 6.42 Å². The number of carbonyl (C=O) groups is 1. The van der Waals surface area contributed by atoms with Gasteiger partial charge < -0.3 is 4.52 Å². The highest BCUT2D eigenvalue weighted by Gasteiger charge is 2.37. The van der Waals surface area contributed by atoms with Gasteiger partial charge in [0.15, 0.2) is 0 Å². The van der Waals surface area contributed by atoms with Crippen molar-refractivity contribution in [2.24, 2.45) is 0 Å². The van der Waals surface area contributed by atoms with E-state index in [4.69, 9.17) is 0 Å². The first-order chi connectivity index (χ1) is 6.80. The van der Waals surface area contributed by atoms with Crippen LogP contribution in [0.4, 0.5) is 22.0 Å². The Morgan fingerprint density at radius 1 is 1.40 bits per heavy atom. The second-order valence-corrected chi connectivity index (χ2v) is 2.45. The predicted molar refractivity (Wildman–Crippen MR) is 34.0 cm³/mol. The van der Waals surface area contributed by atoms with Crippen molar-refractivity contribution in [2.75, 3.05) is 0 Å². The Kier molecular flexibility index (Phi) is 3.01. The summed E-state index contributed by atoms with van der Waals surface area (Å²) in [5.41, 5.74) is 0. The van der Waals surface area contributed by atoms with E-state index in [1.807, 2.05) is 0 Å². The van der Waals surface area contributed by atoms with Gasteiger partial charge in [0.2, 0.25) is 11.7 Å². The molecule has 0 amide bonds. The molecule has 0 radical (unpaired) electrons. The number of rotatable bonds is 3. The fraction of sp³-hybridized carbons (Fsp3) is 0.500. The third kappa shape index (κ3) is 2.96. The van der Waals surface area contributed by atoms with Gasteiger partial charge in [0.25, 0.3) is 12.2 Å². The maximum atomic E-state index is 11.9. The van der Waals surface area contributed by atoms with Crippen LogP contribution in [0, 0.1) is 0 Å². The zero-order valence-corrected chi connectivity index (χ0v) is 6.89. The van der Waals surface area contributed by atoms with E-state index in [2.05, 4.69) is 14.7 Å². The molecule has 4 nitrogen and oxygen atoms in total. The molecule has 0 N–H and O–H groups in total. The standard InChI is InChI=1S/C6H3F5N2O2/c7-4(8)2(14)1-3-12-5(13-15-3)6(9,10)11/h4H,1H2. The summed E-state index contributed by atoms with van der Waals surface area (Å²) < 4.78 is 63.0. The minimum atomic E-state index is -4.82. The van der Waals surface area contributed by atoms with Gasteiger partial charge in [0.1, 0.15) is 0 Å². The van der Waals surface area contributed by atoms with Gasteiger partial charge >= 0.3 is 6.18 Å². The van der Waals surface area contributed by atoms with Crippen molar-refractivity contribution >= 4 is 5.78 Å². The average Bonchev–Trinajstić information content (AvgIpc) is 2.51. The van der Waals surface area contributed by atoms with E-state index < -0.39 is 36.5 Å². The Morgan fingerprint density at radius 3 is 2.40 bits per heavy atom. The predicted octanol–water partition coefficient (Wildman–Crippen LogP) is 1.47. The summed E-state index contributed by atoms with van der Waals surface area (Å²) in [7, 11) is 0. The van der Waals surface area contributed by atoms with E-state index in [1.54, 1.807) is 0 Å². The van der Waals surface area contributed by atoms with Crippen molar-refractivity contribution in [3.63, 3.8) is 0 Å². The lowest BCUT2D eigenvalue weighted by atomic mass is 10.3. The quantitative estimate of drug-likeness (QED) is 0.737. The maximum absolute atomic E-state index is 11.9. The van der Waals surface area contributed by atoms with Crippen LogP contribution in [0.2, 0.25) is 0 Å². The summed E-state index contributed by atoms with van der Waals surface area (Å²) in [6.45, 7) is 0. The van der Waals surface area contributed by atoms with Crippen LogP contribution >= 0.6 is 0 Å². The third-order valence-electron chi connectivity index (χ3n) is 1.29. The molecule has 0 atom stereocenters. The highest BCUT2D eigenvalue weighted by molar-refractivity contribution is 5.82. The SMILES string of the molecule is O=C(Cc1nc(C(F)(F)F)no1)C(F)F. The number of alkyl halides is 5. The topological polar surface area (TPSA) is 56.0 Å². The lowest BCUT2D eigenvalue weighted by molar-refractivity contribution is -0.146. The minimum absolute atomic E-state index is 0.785. The Labute approximate surface area is 79.1 Å². The zero-order chi connectivity index (χ0) is 11.6. The average molecular weight is 230 g/mol. The fourth-order valence-electron chi connectivity index (χ4n) is 0.668. The normalized spacial score (nSPS) is 12.1. The molecule has 0 bridgehead atoms. The number of carbonyl (C=O) groups excluding carboxylic acids is 1. The van der Waals surface area contributed by atoms with Gasteiger partial charge in [-0.1, -0.05) is 5.16 Å². The summed E-state index contributed by atoms with van der Waals surface area (Å²) >= 11 is 0. The van der Waals surface area contributed by atoms with Crippen LogP contribution in [0.25, 0.3) is 0 Å². The molecule has 1 rings (SSSR count). The molecule has 0 spiro atoms. The van der Waals surface area contributed by atoms with Crippen LogP contribution in [0.3, 0.4) is 0 Å². The van der Waals surface area contributed by atoms with Crippen LogP contribution in [-0.4, -0.2) is 22.3 Å². The van der Waals surface area contributed by atoms with Crippen molar-refractivity contribution in [1.29, 1.82) is 0 Å². The Balaban J connectivity index is 2.73. The fourth-order valence-corrected chi connectivity index (χ4v) is 0.668. The Morgan fingerprint density at radius 2 is 2.00 bits per heavy atom. The number of halogens is 5. The van der Waals surface area contributed by atoms with Crippen molar-refractivity contribution < 1.29 is 31.3 Å². The first-order valence-electron chi connectivity index (χ1n) is 3.51. The van der Waals surface area contributed by atoms with Crippen molar-refractivity contribution in [3.05, 3.63) is 11.7 Å². The Hall–Kier alpha value is -1.54. The van der Waals surface area contributed by atoms with Gasteiger partial charge in [-0.3, -0.25) is 4.79 Å². The molecule has 0 aromatic carbocycles.